The summed E-state index contributed by atoms with van der Waals surface area (Å²) in [7, 11) is 0. The normalized spacial score (nSPS) is 17.8. The van der Waals surface area contributed by atoms with Crippen molar-refractivity contribution in [3.63, 3.8) is 0 Å². The van der Waals surface area contributed by atoms with Gasteiger partial charge in [-0.25, -0.2) is 4.79 Å². The van der Waals surface area contributed by atoms with Gasteiger partial charge in [-0.3, -0.25) is 14.5 Å². The molecule has 0 saturated carbocycles. The lowest BCUT2D eigenvalue weighted by atomic mass is 9.98. The van der Waals surface area contributed by atoms with Crippen molar-refractivity contribution >= 4 is 23.5 Å². The summed E-state index contributed by atoms with van der Waals surface area (Å²) in [5.74, 6) is -2.08. The molecule has 1 unspecified atom stereocenters. The second-order valence-electron chi connectivity index (χ2n) is 5.09. The number of carbonyl (C=O) groups excluding carboxylic acids is 2. The van der Waals surface area contributed by atoms with E-state index in [0.717, 1.165) is 10.5 Å². The molecule has 1 atom stereocenters. The molecule has 0 radical (unpaired) electrons. The Labute approximate surface area is 126 Å². The fourth-order valence-electron chi connectivity index (χ4n) is 2.60. The highest BCUT2D eigenvalue weighted by Crippen LogP contribution is 2.33. The average molecular weight is 295 g/mol. The van der Waals surface area contributed by atoms with Gasteiger partial charge < -0.3 is 5.11 Å². The maximum Gasteiger partial charge on any atom is 0.335 e. The average Bonchev–Trinajstić information content (AvgIpc) is 2.83. The van der Waals surface area contributed by atoms with E-state index in [0.29, 0.717) is 5.69 Å². The summed E-state index contributed by atoms with van der Waals surface area (Å²) in [6, 6.07) is 14.9. The third-order valence-corrected chi connectivity index (χ3v) is 3.72. The van der Waals surface area contributed by atoms with Crippen molar-refractivity contribution in [2.24, 2.45) is 0 Å². The number of imide groups is 1. The van der Waals surface area contributed by atoms with E-state index < -0.39 is 11.9 Å². The molecule has 2 aromatic rings. The summed E-state index contributed by atoms with van der Waals surface area (Å²) in [6.45, 7) is 0. The minimum absolute atomic E-state index is 0.113. The third kappa shape index (κ3) is 2.37. The van der Waals surface area contributed by atoms with Gasteiger partial charge in [0.15, 0.2) is 0 Å². The molecule has 2 amide bonds. The number of hydrogen-bond donors (Lipinski definition) is 1. The number of hydrogen-bond acceptors (Lipinski definition) is 3. The zero-order chi connectivity index (χ0) is 15.7. The zero-order valence-electron chi connectivity index (χ0n) is 11.6. The lowest BCUT2D eigenvalue weighted by Crippen LogP contribution is -2.30. The number of amides is 2. The second kappa shape index (κ2) is 5.44. The highest BCUT2D eigenvalue weighted by molar-refractivity contribution is 6.22. The number of carboxylic acid groups (broad SMARTS) is 1. The molecule has 1 saturated heterocycles. The SMILES string of the molecule is O=C(O)c1ccc(N2C(=O)CC(c3ccccc3)C2=O)cc1. The van der Waals surface area contributed by atoms with Crippen molar-refractivity contribution < 1.29 is 19.5 Å². The van der Waals surface area contributed by atoms with E-state index in [2.05, 4.69) is 0 Å². The lowest BCUT2D eigenvalue weighted by molar-refractivity contribution is -0.121. The van der Waals surface area contributed by atoms with Gasteiger partial charge in [0.25, 0.3) is 0 Å². The van der Waals surface area contributed by atoms with Crippen molar-refractivity contribution in [1.82, 2.24) is 0 Å². The molecule has 2 aromatic carbocycles. The number of benzene rings is 2. The second-order valence-corrected chi connectivity index (χ2v) is 5.09. The fraction of sp³-hybridized carbons (Fsp3) is 0.118. The number of nitrogens with zero attached hydrogens (tertiary/aromatic N) is 1. The van der Waals surface area contributed by atoms with Gasteiger partial charge in [0.1, 0.15) is 0 Å². The summed E-state index contributed by atoms with van der Waals surface area (Å²) in [6.07, 6.45) is 0.129. The molecule has 1 fully saturated rings. The van der Waals surface area contributed by atoms with Gasteiger partial charge in [-0.15, -0.1) is 0 Å². The molecule has 0 aromatic heterocycles. The molecule has 1 heterocycles. The van der Waals surface area contributed by atoms with Crippen molar-refractivity contribution in [3.05, 3.63) is 65.7 Å². The van der Waals surface area contributed by atoms with Gasteiger partial charge in [0.05, 0.1) is 17.2 Å². The summed E-state index contributed by atoms with van der Waals surface area (Å²) < 4.78 is 0. The Morgan fingerprint density at radius 2 is 1.64 bits per heavy atom. The van der Waals surface area contributed by atoms with Crippen LogP contribution in [0.25, 0.3) is 0 Å². The van der Waals surface area contributed by atoms with Crippen LogP contribution in [0.2, 0.25) is 0 Å². The molecule has 1 aliphatic rings. The van der Waals surface area contributed by atoms with Gasteiger partial charge in [-0.1, -0.05) is 30.3 Å². The van der Waals surface area contributed by atoms with Crippen molar-refractivity contribution in [2.75, 3.05) is 4.90 Å². The first-order valence-corrected chi connectivity index (χ1v) is 6.83. The smallest absolute Gasteiger partial charge is 0.335 e. The topological polar surface area (TPSA) is 74.7 Å². The molecule has 1 N–H and O–H groups in total. The van der Waals surface area contributed by atoms with Crippen LogP contribution in [0.1, 0.15) is 28.3 Å². The number of anilines is 1. The molecule has 110 valence electrons. The Morgan fingerprint density at radius 1 is 1.00 bits per heavy atom. The largest absolute Gasteiger partial charge is 0.478 e. The molecule has 3 rings (SSSR count). The zero-order valence-corrected chi connectivity index (χ0v) is 11.6. The first kappa shape index (κ1) is 14.0. The maximum absolute atomic E-state index is 12.5. The quantitative estimate of drug-likeness (QED) is 0.882. The molecule has 5 heteroatoms. The Morgan fingerprint density at radius 3 is 2.23 bits per heavy atom. The highest BCUT2D eigenvalue weighted by Gasteiger charge is 2.40. The van der Waals surface area contributed by atoms with E-state index in [-0.39, 0.29) is 23.8 Å². The molecule has 0 bridgehead atoms. The first-order chi connectivity index (χ1) is 10.6. The van der Waals surface area contributed by atoms with Gasteiger partial charge in [0.2, 0.25) is 11.8 Å². The number of rotatable bonds is 3. The maximum atomic E-state index is 12.5. The summed E-state index contributed by atoms with van der Waals surface area (Å²) >= 11 is 0. The Balaban J connectivity index is 1.90. The Kier molecular flexibility index (Phi) is 3.47. The van der Waals surface area contributed by atoms with Gasteiger partial charge in [-0.05, 0) is 29.8 Å². The van der Waals surface area contributed by atoms with E-state index in [9.17, 15) is 14.4 Å². The van der Waals surface area contributed by atoms with Crippen molar-refractivity contribution in [1.29, 1.82) is 0 Å². The van der Waals surface area contributed by atoms with Crippen molar-refractivity contribution in [3.8, 4) is 0 Å². The first-order valence-electron chi connectivity index (χ1n) is 6.83. The lowest BCUT2D eigenvalue weighted by Gasteiger charge is -2.15. The van der Waals surface area contributed by atoms with Crippen LogP contribution in [0.5, 0.6) is 0 Å². The molecule has 5 nitrogen and oxygen atoms in total. The number of aromatic carboxylic acids is 1. The predicted octanol–water partition coefficient (Wildman–Crippen LogP) is 2.43. The van der Waals surface area contributed by atoms with E-state index in [1.54, 1.807) is 0 Å². The van der Waals surface area contributed by atoms with Gasteiger partial charge in [0, 0.05) is 6.42 Å². The highest BCUT2D eigenvalue weighted by atomic mass is 16.4. The van der Waals surface area contributed by atoms with Gasteiger partial charge >= 0.3 is 5.97 Å². The monoisotopic (exact) mass is 295 g/mol. The fourth-order valence-corrected chi connectivity index (χ4v) is 2.60. The van der Waals surface area contributed by atoms with Crippen LogP contribution in [-0.2, 0) is 9.59 Å². The van der Waals surface area contributed by atoms with Gasteiger partial charge in [-0.2, -0.15) is 0 Å². The molecule has 0 aliphatic carbocycles. The number of carboxylic acids is 1. The molecule has 22 heavy (non-hydrogen) atoms. The standard InChI is InChI=1S/C17H13NO4/c19-15-10-14(11-4-2-1-3-5-11)16(20)18(15)13-8-6-12(7-9-13)17(21)22/h1-9,14H,10H2,(H,21,22). The van der Waals surface area contributed by atoms with Crippen LogP contribution < -0.4 is 4.90 Å². The molecular formula is C17H13NO4. The minimum atomic E-state index is -1.05. The van der Waals surface area contributed by atoms with Crippen LogP contribution in [-0.4, -0.2) is 22.9 Å². The summed E-state index contributed by atoms with van der Waals surface area (Å²) in [4.78, 5) is 36.7. The molecule has 0 spiro atoms. The predicted molar refractivity (Wildman–Crippen MR) is 79.7 cm³/mol. The summed E-state index contributed by atoms with van der Waals surface area (Å²) in [5, 5.41) is 8.89. The Hall–Kier alpha value is -2.95. The minimum Gasteiger partial charge on any atom is -0.478 e. The molecular weight excluding hydrogens is 282 g/mol. The van der Waals surface area contributed by atoms with Crippen LogP contribution in [0, 0.1) is 0 Å². The van der Waals surface area contributed by atoms with Crippen LogP contribution in [0.15, 0.2) is 54.6 Å². The van der Waals surface area contributed by atoms with E-state index in [1.165, 1.54) is 24.3 Å². The summed E-state index contributed by atoms with van der Waals surface area (Å²) in [5.41, 5.74) is 1.33. The molecule has 1 aliphatic heterocycles. The van der Waals surface area contributed by atoms with Crippen LogP contribution in [0.4, 0.5) is 5.69 Å². The van der Waals surface area contributed by atoms with Crippen molar-refractivity contribution in [2.45, 2.75) is 12.3 Å². The van der Waals surface area contributed by atoms with E-state index in [4.69, 9.17) is 5.11 Å². The Bertz CT molecular complexity index is 737. The number of carbonyl (C=O) groups is 3. The van der Waals surface area contributed by atoms with E-state index in [1.807, 2.05) is 30.3 Å². The van der Waals surface area contributed by atoms with Crippen LogP contribution >= 0.6 is 0 Å². The van der Waals surface area contributed by atoms with E-state index >= 15 is 0 Å². The van der Waals surface area contributed by atoms with Crippen LogP contribution in [0.3, 0.4) is 0 Å². The third-order valence-electron chi connectivity index (χ3n) is 3.72.